The van der Waals surface area contributed by atoms with Gasteiger partial charge in [-0.05, 0) is 18.6 Å². The maximum Gasteiger partial charge on any atom is 0.225 e. The molecule has 0 radical (unpaired) electrons. The molecule has 15 heavy (non-hydrogen) atoms. The Kier molecular flexibility index (Phi) is 2.70. The molecule has 0 saturated heterocycles. The van der Waals surface area contributed by atoms with E-state index in [4.69, 9.17) is 10.2 Å². The average Bonchev–Trinajstić information content (AvgIpc) is 2.70. The van der Waals surface area contributed by atoms with Crippen LogP contribution in [-0.2, 0) is 0 Å². The molecule has 1 aromatic carbocycles. The normalized spacial score (nSPS) is 15.4. The van der Waals surface area contributed by atoms with Crippen LogP contribution in [0.5, 0.6) is 0 Å². The van der Waals surface area contributed by atoms with Crippen molar-refractivity contribution in [3.63, 3.8) is 0 Å². The summed E-state index contributed by atoms with van der Waals surface area (Å²) >= 11 is 0. The first-order valence-corrected chi connectivity index (χ1v) is 5.01. The minimum atomic E-state index is -0.831. The van der Waals surface area contributed by atoms with Gasteiger partial charge in [-0.2, -0.15) is 0 Å². The van der Waals surface area contributed by atoms with Gasteiger partial charge in [0.05, 0.1) is 0 Å². The van der Waals surface area contributed by atoms with E-state index >= 15 is 0 Å². The molecular formula is C11H14N2O2. The maximum absolute atomic E-state index is 9.81. The van der Waals surface area contributed by atoms with Crippen molar-refractivity contribution < 1.29 is 9.52 Å². The van der Waals surface area contributed by atoms with Gasteiger partial charge in [-0.1, -0.05) is 19.1 Å². The molecule has 2 rings (SSSR count). The van der Waals surface area contributed by atoms with Crippen LogP contribution < -0.4 is 5.73 Å². The summed E-state index contributed by atoms with van der Waals surface area (Å²) in [5.41, 5.74) is 7.14. The van der Waals surface area contributed by atoms with Gasteiger partial charge in [0.15, 0.2) is 5.58 Å². The number of rotatable bonds is 3. The minimum absolute atomic E-state index is 0.297. The molecule has 0 bridgehead atoms. The van der Waals surface area contributed by atoms with Crippen molar-refractivity contribution in [3.05, 3.63) is 30.2 Å². The van der Waals surface area contributed by atoms with Crippen molar-refractivity contribution in [1.82, 2.24) is 4.98 Å². The number of oxazole rings is 1. The van der Waals surface area contributed by atoms with Gasteiger partial charge in [-0.3, -0.25) is 0 Å². The molecule has 4 heteroatoms. The van der Waals surface area contributed by atoms with Gasteiger partial charge in [0.1, 0.15) is 11.6 Å². The van der Waals surface area contributed by atoms with Gasteiger partial charge in [0.25, 0.3) is 0 Å². The van der Waals surface area contributed by atoms with E-state index in [-0.39, 0.29) is 6.04 Å². The second kappa shape index (κ2) is 4.00. The molecule has 2 atom stereocenters. The Morgan fingerprint density at radius 2 is 2.20 bits per heavy atom. The van der Waals surface area contributed by atoms with Crippen molar-refractivity contribution in [2.45, 2.75) is 25.5 Å². The number of hydrogen-bond donors (Lipinski definition) is 2. The fraction of sp³-hybridized carbons (Fsp3) is 0.364. The Morgan fingerprint density at radius 3 is 2.87 bits per heavy atom. The summed E-state index contributed by atoms with van der Waals surface area (Å²) in [4.78, 5) is 4.19. The van der Waals surface area contributed by atoms with E-state index in [1.165, 1.54) is 0 Å². The van der Waals surface area contributed by atoms with E-state index in [1.807, 2.05) is 31.2 Å². The summed E-state index contributed by atoms with van der Waals surface area (Å²) in [5, 5.41) is 9.81. The van der Waals surface area contributed by atoms with E-state index in [0.717, 1.165) is 5.52 Å². The summed E-state index contributed by atoms with van der Waals surface area (Å²) < 4.78 is 5.41. The highest BCUT2D eigenvalue weighted by molar-refractivity contribution is 5.72. The second-order valence-electron chi connectivity index (χ2n) is 3.54. The number of nitrogens with zero attached hydrogens (tertiary/aromatic N) is 1. The predicted molar refractivity (Wildman–Crippen MR) is 57.2 cm³/mol. The third-order valence-electron chi connectivity index (χ3n) is 2.44. The highest BCUT2D eigenvalue weighted by atomic mass is 16.4. The van der Waals surface area contributed by atoms with Crippen molar-refractivity contribution in [2.24, 2.45) is 5.73 Å². The van der Waals surface area contributed by atoms with E-state index in [2.05, 4.69) is 4.98 Å². The van der Waals surface area contributed by atoms with Crippen LogP contribution in [-0.4, -0.2) is 16.1 Å². The predicted octanol–water partition coefficient (Wildman–Crippen LogP) is 1.60. The summed E-state index contributed by atoms with van der Waals surface area (Å²) in [6.45, 7) is 1.91. The summed E-state index contributed by atoms with van der Waals surface area (Å²) in [5.74, 6) is 0.297. The quantitative estimate of drug-likeness (QED) is 0.800. The third-order valence-corrected chi connectivity index (χ3v) is 2.44. The number of para-hydroxylation sites is 2. The largest absolute Gasteiger partial charge is 0.438 e. The Labute approximate surface area is 87.7 Å². The third kappa shape index (κ3) is 1.86. The molecule has 0 aliphatic carbocycles. The Hall–Kier alpha value is -1.39. The topological polar surface area (TPSA) is 72.3 Å². The van der Waals surface area contributed by atoms with Gasteiger partial charge < -0.3 is 15.3 Å². The Balaban J connectivity index is 2.36. The lowest BCUT2D eigenvalue weighted by Gasteiger charge is -2.12. The van der Waals surface area contributed by atoms with Crippen molar-refractivity contribution in [2.75, 3.05) is 0 Å². The fourth-order valence-corrected chi connectivity index (χ4v) is 1.42. The molecule has 0 spiro atoms. The van der Waals surface area contributed by atoms with E-state index in [9.17, 15) is 5.11 Å². The first-order valence-electron chi connectivity index (χ1n) is 5.01. The molecular weight excluding hydrogens is 192 g/mol. The molecule has 0 aliphatic rings. The first kappa shape index (κ1) is 10.1. The van der Waals surface area contributed by atoms with Crippen molar-refractivity contribution >= 4 is 11.1 Å². The highest BCUT2D eigenvalue weighted by Gasteiger charge is 2.20. The molecule has 0 saturated carbocycles. The molecule has 3 N–H and O–H groups in total. The number of benzene rings is 1. The van der Waals surface area contributed by atoms with Crippen molar-refractivity contribution in [1.29, 1.82) is 0 Å². The second-order valence-corrected chi connectivity index (χ2v) is 3.54. The maximum atomic E-state index is 9.81. The van der Waals surface area contributed by atoms with Crippen LogP contribution in [0.1, 0.15) is 25.3 Å². The van der Waals surface area contributed by atoms with Crippen LogP contribution in [0.4, 0.5) is 0 Å². The molecule has 2 aromatic rings. The highest BCUT2D eigenvalue weighted by Crippen LogP contribution is 2.22. The van der Waals surface area contributed by atoms with Crippen LogP contribution in [0.25, 0.3) is 11.1 Å². The van der Waals surface area contributed by atoms with Gasteiger partial charge in [-0.15, -0.1) is 0 Å². The molecule has 1 unspecified atom stereocenters. The van der Waals surface area contributed by atoms with Gasteiger partial charge >= 0.3 is 0 Å². The summed E-state index contributed by atoms with van der Waals surface area (Å²) in [7, 11) is 0. The standard InChI is InChI=1S/C11H14N2O2/c1-2-7(12)10(14)11-13-8-5-3-4-6-9(8)15-11/h3-7,10,14H,2,12H2,1H3/t7-,10?/m1/s1. The van der Waals surface area contributed by atoms with Gasteiger partial charge in [0, 0.05) is 6.04 Å². The molecule has 1 heterocycles. The van der Waals surface area contributed by atoms with Crippen LogP contribution in [0.3, 0.4) is 0 Å². The van der Waals surface area contributed by atoms with Crippen LogP contribution in [0.15, 0.2) is 28.7 Å². The van der Waals surface area contributed by atoms with E-state index < -0.39 is 6.10 Å². The summed E-state index contributed by atoms with van der Waals surface area (Å²) in [6.07, 6.45) is -0.151. The number of hydrogen-bond acceptors (Lipinski definition) is 4. The van der Waals surface area contributed by atoms with Crippen LogP contribution >= 0.6 is 0 Å². The van der Waals surface area contributed by atoms with Gasteiger partial charge in [0.2, 0.25) is 5.89 Å². The van der Waals surface area contributed by atoms with Crippen molar-refractivity contribution in [3.8, 4) is 0 Å². The monoisotopic (exact) mass is 206 g/mol. The zero-order chi connectivity index (χ0) is 10.8. The van der Waals surface area contributed by atoms with Crippen LogP contribution in [0.2, 0.25) is 0 Å². The number of aliphatic hydroxyl groups is 1. The molecule has 0 fully saturated rings. The lowest BCUT2D eigenvalue weighted by Crippen LogP contribution is -2.27. The SMILES string of the molecule is CC[C@@H](N)C(O)c1nc2ccccc2o1. The van der Waals surface area contributed by atoms with E-state index in [0.29, 0.717) is 17.9 Å². The minimum Gasteiger partial charge on any atom is -0.438 e. The molecule has 0 aliphatic heterocycles. The van der Waals surface area contributed by atoms with Gasteiger partial charge in [-0.25, -0.2) is 4.98 Å². The fourth-order valence-electron chi connectivity index (χ4n) is 1.42. The Bertz CT molecular complexity index is 420. The molecule has 1 aromatic heterocycles. The summed E-state index contributed by atoms with van der Waals surface area (Å²) in [6, 6.07) is 7.06. The number of aliphatic hydroxyl groups excluding tert-OH is 1. The first-order chi connectivity index (χ1) is 7.22. The van der Waals surface area contributed by atoms with Crippen LogP contribution in [0, 0.1) is 0 Å². The number of aromatic nitrogens is 1. The average molecular weight is 206 g/mol. The van der Waals surface area contributed by atoms with E-state index in [1.54, 1.807) is 0 Å². The number of nitrogens with two attached hydrogens (primary N) is 1. The lowest BCUT2D eigenvalue weighted by atomic mass is 10.1. The Morgan fingerprint density at radius 1 is 1.47 bits per heavy atom. The smallest absolute Gasteiger partial charge is 0.225 e. The zero-order valence-electron chi connectivity index (χ0n) is 8.55. The number of fused-ring (bicyclic) bond motifs is 1. The zero-order valence-corrected chi connectivity index (χ0v) is 8.55. The molecule has 80 valence electrons. The lowest BCUT2D eigenvalue weighted by molar-refractivity contribution is 0.116. The molecule has 4 nitrogen and oxygen atoms in total. The molecule has 0 amide bonds.